The quantitative estimate of drug-likeness (QED) is 0.708. The van der Waals surface area contributed by atoms with E-state index in [2.05, 4.69) is 5.32 Å². The first-order valence-corrected chi connectivity index (χ1v) is 8.63. The van der Waals surface area contributed by atoms with E-state index in [0.717, 1.165) is 16.7 Å². The Labute approximate surface area is 159 Å². The molecule has 0 aliphatic heterocycles. The maximum absolute atomic E-state index is 12.3. The van der Waals surface area contributed by atoms with Crippen LogP contribution in [0.25, 0.3) is 0 Å². The molecule has 1 unspecified atom stereocenters. The fourth-order valence-electron chi connectivity index (χ4n) is 2.66. The van der Waals surface area contributed by atoms with Gasteiger partial charge in [-0.3, -0.25) is 4.79 Å². The predicted molar refractivity (Wildman–Crippen MR) is 102 cm³/mol. The van der Waals surface area contributed by atoms with Gasteiger partial charge < -0.3 is 19.9 Å². The van der Waals surface area contributed by atoms with Crippen LogP contribution in [0, 0.1) is 6.92 Å². The van der Waals surface area contributed by atoms with Gasteiger partial charge in [0.25, 0.3) is 0 Å². The third kappa shape index (κ3) is 5.82. The second kappa shape index (κ2) is 9.19. The lowest BCUT2D eigenvalue weighted by atomic mass is 10.0. The van der Waals surface area contributed by atoms with Gasteiger partial charge in [-0.2, -0.15) is 0 Å². The summed E-state index contributed by atoms with van der Waals surface area (Å²) in [6, 6.07) is 15.2. The first-order valence-electron chi connectivity index (χ1n) is 8.63. The summed E-state index contributed by atoms with van der Waals surface area (Å²) < 4.78 is 10.7. The molecule has 0 saturated carbocycles. The monoisotopic (exact) mass is 371 g/mol. The molecule has 1 amide bonds. The van der Waals surface area contributed by atoms with Gasteiger partial charge in [-0.25, -0.2) is 4.79 Å². The van der Waals surface area contributed by atoms with Crippen LogP contribution < -0.4 is 10.1 Å². The minimum absolute atomic E-state index is 0.0498. The molecule has 0 bridgehead atoms. The van der Waals surface area contributed by atoms with E-state index < -0.39 is 17.4 Å². The van der Waals surface area contributed by atoms with E-state index in [1.165, 1.54) is 14.0 Å². The van der Waals surface area contributed by atoms with Gasteiger partial charge in [-0.1, -0.05) is 36.4 Å². The van der Waals surface area contributed by atoms with Crippen LogP contribution in [0.1, 0.15) is 23.6 Å². The summed E-state index contributed by atoms with van der Waals surface area (Å²) in [4.78, 5) is 23.7. The third-order valence-electron chi connectivity index (χ3n) is 4.24. The molecule has 144 valence electrons. The van der Waals surface area contributed by atoms with Crippen LogP contribution in [-0.4, -0.2) is 36.2 Å². The van der Waals surface area contributed by atoms with E-state index >= 15 is 0 Å². The van der Waals surface area contributed by atoms with Crippen molar-refractivity contribution in [2.24, 2.45) is 0 Å². The molecule has 0 aliphatic rings. The first kappa shape index (κ1) is 20.5. The number of ether oxygens (including phenoxy) is 2. The Kier molecular flexibility index (Phi) is 6.96. The molecule has 6 nitrogen and oxygen atoms in total. The molecule has 27 heavy (non-hydrogen) atoms. The van der Waals surface area contributed by atoms with E-state index in [-0.39, 0.29) is 13.0 Å². The lowest BCUT2D eigenvalue weighted by Gasteiger charge is -2.25. The highest BCUT2D eigenvalue weighted by atomic mass is 16.5. The average molecular weight is 371 g/mol. The fourth-order valence-corrected chi connectivity index (χ4v) is 2.66. The van der Waals surface area contributed by atoms with Gasteiger partial charge in [-0.05, 0) is 42.7 Å². The number of hydrogen-bond acceptors (Lipinski definition) is 4. The molecular weight excluding hydrogens is 346 g/mol. The zero-order valence-corrected chi connectivity index (χ0v) is 15.8. The number of nitrogens with one attached hydrogen (secondary N) is 1. The Bertz CT molecular complexity index is 805. The van der Waals surface area contributed by atoms with Crippen molar-refractivity contribution < 1.29 is 24.2 Å². The van der Waals surface area contributed by atoms with Crippen LogP contribution in [-0.2, 0) is 27.4 Å². The molecule has 0 aromatic heterocycles. The Hall–Kier alpha value is -2.86. The molecule has 2 N–H and O–H groups in total. The van der Waals surface area contributed by atoms with Crippen LogP contribution in [0.2, 0.25) is 0 Å². The molecule has 0 radical (unpaired) electrons. The maximum Gasteiger partial charge on any atom is 0.331 e. The van der Waals surface area contributed by atoms with Crippen molar-refractivity contribution in [3.8, 4) is 5.75 Å². The number of carbonyl (C=O) groups excluding carboxylic acids is 1. The Balaban J connectivity index is 1.99. The van der Waals surface area contributed by atoms with Crippen molar-refractivity contribution in [1.29, 1.82) is 0 Å². The highest BCUT2D eigenvalue weighted by Gasteiger charge is 2.34. The number of rotatable bonds is 9. The number of hydrogen-bond donors (Lipinski definition) is 2. The van der Waals surface area contributed by atoms with Crippen molar-refractivity contribution in [1.82, 2.24) is 5.32 Å². The van der Waals surface area contributed by atoms with Gasteiger partial charge in [0, 0.05) is 7.11 Å². The second-order valence-electron chi connectivity index (χ2n) is 6.66. The molecule has 0 heterocycles. The summed E-state index contributed by atoms with van der Waals surface area (Å²) in [5.74, 6) is -0.887. The lowest BCUT2D eigenvalue weighted by Crippen LogP contribution is -2.55. The van der Waals surface area contributed by atoms with Gasteiger partial charge in [0.15, 0.2) is 5.54 Å². The maximum atomic E-state index is 12.3. The summed E-state index contributed by atoms with van der Waals surface area (Å²) in [6.45, 7) is 3.76. The predicted octanol–water partition coefficient (Wildman–Crippen LogP) is 2.72. The van der Waals surface area contributed by atoms with Gasteiger partial charge in [0.1, 0.15) is 12.4 Å². The van der Waals surface area contributed by atoms with Crippen molar-refractivity contribution in [3.05, 3.63) is 65.2 Å². The van der Waals surface area contributed by atoms with E-state index in [4.69, 9.17) is 9.47 Å². The second-order valence-corrected chi connectivity index (χ2v) is 6.66. The summed E-state index contributed by atoms with van der Waals surface area (Å²) in [7, 11) is 1.39. The molecule has 2 aromatic carbocycles. The standard InChI is InChI=1S/C21H25NO5/c1-15-7-4-5-9-17(15)13-27-18-10-6-8-16(11-18)12-19(23)22-21(2,14-26-3)20(24)25/h4-11H,12-14H2,1-3H3,(H,22,23)(H,24,25). The van der Waals surface area contributed by atoms with Crippen LogP contribution in [0.5, 0.6) is 5.75 Å². The summed E-state index contributed by atoms with van der Waals surface area (Å²) in [6.07, 6.45) is 0.0498. The average Bonchev–Trinajstić information content (AvgIpc) is 2.61. The number of carbonyl (C=O) groups is 2. The van der Waals surface area contributed by atoms with Gasteiger partial charge in [0.05, 0.1) is 13.0 Å². The Morgan fingerprint density at radius 3 is 2.56 bits per heavy atom. The third-order valence-corrected chi connectivity index (χ3v) is 4.24. The fraction of sp³-hybridized carbons (Fsp3) is 0.333. The molecule has 6 heteroatoms. The van der Waals surface area contributed by atoms with Gasteiger partial charge >= 0.3 is 5.97 Å². The number of carboxylic acids is 1. The van der Waals surface area contributed by atoms with E-state index in [1.54, 1.807) is 18.2 Å². The Morgan fingerprint density at radius 2 is 1.89 bits per heavy atom. The smallest absolute Gasteiger partial charge is 0.331 e. The number of aliphatic carboxylic acids is 1. The van der Waals surface area contributed by atoms with Crippen LogP contribution in [0.15, 0.2) is 48.5 Å². The zero-order chi connectivity index (χ0) is 19.9. The summed E-state index contributed by atoms with van der Waals surface area (Å²) in [5.41, 5.74) is 1.52. The molecular formula is C21H25NO5. The van der Waals surface area contributed by atoms with Crippen LogP contribution in [0.3, 0.4) is 0 Å². The molecule has 2 aromatic rings. The number of benzene rings is 2. The first-order chi connectivity index (χ1) is 12.8. The molecule has 1 atom stereocenters. The van der Waals surface area contributed by atoms with Gasteiger partial charge in [-0.15, -0.1) is 0 Å². The minimum Gasteiger partial charge on any atom is -0.489 e. The van der Waals surface area contributed by atoms with Crippen LogP contribution >= 0.6 is 0 Å². The van der Waals surface area contributed by atoms with Crippen molar-refractivity contribution >= 4 is 11.9 Å². The van der Waals surface area contributed by atoms with Crippen LogP contribution in [0.4, 0.5) is 0 Å². The Morgan fingerprint density at radius 1 is 1.15 bits per heavy atom. The lowest BCUT2D eigenvalue weighted by molar-refractivity contribution is -0.149. The molecule has 0 saturated heterocycles. The largest absolute Gasteiger partial charge is 0.489 e. The molecule has 0 aliphatic carbocycles. The minimum atomic E-state index is -1.47. The molecule has 0 spiro atoms. The number of methoxy groups -OCH3 is 1. The van der Waals surface area contributed by atoms with Gasteiger partial charge in [0.2, 0.25) is 5.91 Å². The number of carboxylic acid groups (broad SMARTS) is 1. The topological polar surface area (TPSA) is 84.9 Å². The van der Waals surface area contributed by atoms with Crippen molar-refractivity contribution in [3.63, 3.8) is 0 Å². The molecule has 0 fully saturated rings. The SMILES string of the molecule is COCC(C)(NC(=O)Cc1cccc(OCc2ccccc2C)c1)C(=O)O. The van der Waals surface area contributed by atoms with Crippen molar-refractivity contribution in [2.75, 3.05) is 13.7 Å². The number of amides is 1. The number of aryl methyl sites for hydroxylation is 1. The van der Waals surface area contributed by atoms with E-state index in [0.29, 0.717) is 12.4 Å². The highest BCUT2D eigenvalue weighted by Crippen LogP contribution is 2.17. The summed E-state index contributed by atoms with van der Waals surface area (Å²) >= 11 is 0. The van der Waals surface area contributed by atoms with E-state index in [9.17, 15) is 14.7 Å². The normalized spacial score (nSPS) is 12.9. The zero-order valence-electron chi connectivity index (χ0n) is 15.8. The van der Waals surface area contributed by atoms with Crippen molar-refractivity contribution in [2.45, 2.75) is 32.4 Å². The highest BCUT2D eigenvalue weighted by molar-refractivity contribution is 5.87. The van der Waals surface area contributed by atoms with E-state index in [1.807, 2.05) is 37.3 Å². The molecule has 2 rings (SSSR count). The summed E-state index contributed by atoms with van der Waals surface area (Å²) in [5, 5.41) is 11.8.